The number of hydrogen-bond acceptors (Lipinski definition) is 8. The first-order valence-corrected chi connectivity index (χ1v) is 29.0. The summed E-state index contributed by atoms with van der Waals surface area (Å²) < 4.78 is 33.6. The molecule has 3 unspecified atom stereocenters. The zero-order valence-corrected chi connectivity index (χ0v) is 43.7. The van der Waals surface area contributed by atoms with Gasteiger partial charge in [0.05, 0.1) is 19.8 Å². The highest BCUT2D eigenvalue weighted by Gasteiger charge is 2.27. The van der Waals surface area contributed by atoms with Crippen LogP contribution in [0.5, 0.6) is 0 Å². The lowest BCUT2D eigenvalue weighted by Crippen LogP contribution is -2.34. The van der Waals surface area contributed by atoms with Gasteiger partial charge in [-0.15, -0.1) is 0 Å². The molecule has 388 valence electrons. The fourth-order valence-corrected chi connectivity index (χ4v) is 8.69. The van der Waals surface area contributed by atoms with Crippen LogP contribution in [0.25, 0.3) is 0 Å². The highest BCUT2D eigenvalue weighted by Crippen LogP contribution is 2.43. The monoisotopic (exact) mass is 954 g/mol. The zero-order chi connectivity index (χ0) is 48.3. The summed E-state index contributed by atoms with van der Waals surface area (Å²) in [6.45, 7) is 3.91. The van der Waals surface area contributed by atoms with Gasteiger partial charge in [-0.1, -0.05) is 243 Å². The van der Waals surface area contributed by atoms with Gasteiger partial charge in [0.2, 0.25) is 0 Å². The zero-order valence-electron chi connectivity index (χ0n) is 42.8. The average molecular weight is 954 g/mol. The minimum Gasteiger partial charge on any atom is -0.480 e. The lowest BCUT2D eigenvalue weighted by atomic mass is 10.0. The number of carboxylic acid groups (broad SMARTS) is 1. The fraction of sp³-hybridized carbons (Fsp3) is 0.855. The average Bonchev–Trinajstić information content (AvgIpc) is 3.30. The Morgan fingerprint density at radius 2 is 0.833 bits per heavy atom. The molecular formula is C55H104NO9P. The van der Waals surface area contributed by atoms with Crippen molar-refractivity contribution in [2.75, 3.05) is 26.4 Å². The molecule has 0 fully saturated rings. The maximum atomic E-state index is 12.7. The van der Waals surface area contributed by atoms with Crippen LogP contribution in [0, 0.1) is 0 Å². The van der Waals surface area contributed by atoms with Gasteiger partial charge in [0.15, 0.2) is 0 Å². The smallest absolute Gasteiger partial charge is 0.472 e. The number of aliphatic carboxylic acids is 1. The number of carbonyl (C=O) groups is 2. The van der Waals surface area contributed by atoms with Crippen molar-refractivity contribution in [1.29, 1.82) is 0 Å². The summed E-state index contributed by atoms with van der Waals surface area (Å²) in [5.74, 6) is -1.78. The number of carboxylic acids is 1. The van der Waals surface area contributed by atoms with Gasteiger partial charge in [0.25, 0.3) is 0 Å². The van der Waals surface area contributed by atoms with E-state index in [9.17, 15) is 19.0 Å². The van der Waals surface area contributed by atoms with Crippen LogP contribution in [0.2, 0.25) is 0 Å². The maximum Gasteiger partial charge on any atom is 0.472 e. The molecule has 0 saturated carbocycles. The van der Waals surface area contributed by atoms with Crippen molar-refractivity contribution >= 4 is 19.8 Å². The van der Waals surface area contributed by atoms with Crippen LogP contribution in [0.15, 0.2) is 36.5 Å². The van der Waals surface area contributed by atoms with E-state index in [-0.39, 0.29) is 13.0 Å². The molecule has 11 heteroatoms. The summed E-state index contributed by atoms with van der Waals surface area (Å²) in [6, 6.07) is -1.48. The van der Waals surface area contributed by atoms with Gasteiger partial charge in [-0.2, -0.15) is 0 Å². The predicted molar refractivity (Wildman–Crippen MR) is 277 cm³/mol. The van der Waals surface area contributed by atoms with Gasteiger partial charge in [0, 0.05) is 13.0 Å². The van der Waals surface area contributed by atoms with Gasteiger partial charge in [-0.25, -0.2) is 4.57 Å². The molecular weight excluding hydrogens is 850 g/mol. The van der Waals surface area contributed by atoms with Crippen LogP contribution in [0.1, 0.15) is 264 Å². The van der Waals surface area contributed by atoms with Gasteiger partial charge < -0.3 is 25.2 Å². The van der Waals surface area contributed by atoms with E-state index < -0.39 is 45.1 Å². The number of rotatable bonds is 53. The summed E-state index contributed by atoms with van der Waals surface area (Å²) in [7, 11) is -4.63. The van der Waals surface area contributed by atoms with Gasteiger partial charge in [-0.05, 0) is 51.4 Å². The largest absolute Gasteiger partial charge is 0.480 e. The van der Waals surface area contributed by atoms with Crippen LogP contribution in [0.3, 0.4) is 0 Å². The molecule has 0 saturated heterocycles. The molecule has 4 N–H and O–H groups in total. The lowest BCUT2D eigenvalue weighted by Gasteiger charge is -2.20. The Bertz CT molecular complexity index is 1190. The summed E-state index contributed by atoms with van der Waals surface area (Å²) in [6.07, 6.45) is 60.7. The van der Waals surface area contributed by atoms with Gasteiger partial charge in [-0.3, -0.25) is 18.6 Å². The van der Waals surface area contributed by atoms with E-state index in [0.29, 0.717) is 13.0 Å². The van der Waals surface area contributed by atoms with E-state index in [0.717, 1.165) is 70.6 Å². The number of carbonyl (C=O) groups excluding carboxylic acids is 1. The number of hydrogen-bond donors (Lipinski definition) is 3. The maximum absolute atomic E-state index is 12.7. The highest BCUT2D eigenvalue weighted by atomic mass is 31.2. The number of phosphoric ester groups is 1. The van der Waals surface area contributed by atoms with Crippen LogP contribution in [-0.2, 0) is 32.7 Å². The van der Waals surface area contributed by atoms with E-state index in [1.54, 1.807) is 0 Å². The van der Waals surface area contributed by atoms with E-state index in [2.05, 4.69) is 50.3 Å². The summed E-state index contributed by atoms with van der Waals surface area (Å²) in [5.41, 5.74) is 5.38. The van der Waals surface area contributed by atoms with Crippen LogP contribution in [-0.4, -0.2) is 60.5 Å². The number of unbranched alkanes of at least 4 members (excludes halogenated alkanes) is 33. The summed E-state index contributed by atoms with van der Waals surface area (Å²) in [5, 5.41) is 8.94. The SMILES string of the molecule is CCCCCCC/C=C\C/C=C\C/C=C\CCCCCCCCC(=O)OC(COCCCCCCCCCCCCCCCCCCCCCCCCC)COP(=O)(O)OCC(N)C(=O)O. The molecule has 0 aromatic carbocycles. The van der Waals surface area contributed by atoms with Crippen LogP contribution >= 0.6 is 7.82 Å². The molecule has 0 aliphatic carbocycles. The molecule has 3 atom stereocenters. The Balaban J connectivity index is 4.10. The second kappa shape index (κ2) is 51.1. The quantitative estimate of drug-likeness (QED) is 0.0232. The van der Waals surface area contributed by atoms with Gasteiger partial charge in [0.1, 0.15) is 12.1 Å². The van der Waals surface area contributed by atoms with Crippen molar-refractivity contribution < 1.29 is 42.7 Å². The molecule has 0 rings (SSSR count). The first-order chi connectivity index (χ1) is 32.2. The van der Waals surface area contributed by atoms with E-state index >= 15 is 0 Å². The number of allylic oxidation sites excluding steroid dienone is 6. The van der Waals surface area contributed by atoms with Crippen molar-refractivity contribution in [3.63, 3.8) is 0 Å². The third-order valence-corrected chi connectivity index (χ3v) is 13.1. The molecule has 0 aromatic heterocycles. The molecule has 0 heterocycles. The lowest BCUT2D eigenvalue weighted by molar-refractivity contribution is -0.154. The number of phosphoric acid groups is 1. The standard InChI is InChI=1S/C55H104NO9P/c1-3-5-7-9-11-13-15-17-19-21-23-25-26-28-30-32-34-36-38-40-42-44-46-48-62-49-52(50-63-66(60,61)64-51-53(56)55(58)59)65-54(57)47-45-43-41-39-37-35-33-31-29-27-24-22-20-18-16-14-12-10-8-6-4-2/h16,18,22,24,29,31,52-53H,3-15,17,19-21,23,25-28,30,32-51,56H2,1-2H3,(H,58,59)(H,60,61)/b18-16-,24-22-,31-29-. The second-order valence-corrected chi connectivity index (χ2v) is 20.2. The van der Waals surface area contributed by atoms with Crippen molar-refractivity contribution in [2.24, 2.45) is 5.73 Å². The molecule has 0 aliphatic heterocycles. The predicted octanol–water partition coefficient (Wildman–Crippen LogP) is 16.4. The first-order valence-electron chi connectivity index (χ1n) is 27.5. The third-order valence-electron chi connectivity index (χ3n) is 12.2. The van der Waals surface area contributed by atoms with Crippen molar-refractivity contribution in [3.8, 4) is 0 Å². The molecule has 0 radical (unpaired) electrons. The molecule has 66 heavy (non-hydrogen) atoms. The highest BCUT2D eigenvalue weighted by molar-refractivity contribution is 7.47. The van der Waals surface area contributed by atoms with Crippen molar-refractivity contribution in [3.05, 3.63) is 36.5 Å². The Morgan fingerprint density at radius 3 is 1.24 bits per heavy atom. The number of esters is 1. The third kappa shape index (κ3) is 50.1. The molecule has 0 amide bonds. The Hall–Kier alpha value is -1.81. The first kappa shape index (κ1) is 64.2. The van der Waals surface area contributed by atoms with Crippen LogP contribution < -0.4 is 5.73 Å². The normalized spacial score (nSPS) is 13.9. The molecule has 0 aliphatic rings. The Labute approximate surface area is 406 Å². The minimum atomic E-state index is -4.63. The number of nitrogens with two attached hydrogens (primary N) is 1. The summed E-state index contributed by atoms with van der Waals surface area (Å²) in [4.78, 5) is 33.7. The topological polar surface area (TPSA) is 155 Å². The van der Waals surface area contributed by atoms with Crippen molar-refractivity contribution in [1.82, 2.24) is 0 Å². The van der Waals surface area contributed by atoms with E-state index in [4.69, 9.17) is 29.4 Å². The Kier molecular flexibility index (Phi) is 49.7. The molecule has 10 nitrogen and oxygen atoms in total. The van der Waals surface area contributed by atoms with Crippen LogP contribution in [0.4, 0.5) is 0 Å². The summed E-state index contributed by atoms with van der Waals surface area (Å²) >= 11 is 0. The molecule has 0 bridgehead atoms. The van der Waals surface area contributed by atoms with E-state index in [1.165, 1.54) is 167 Å². The Morgan fingerprint density at radius 1 is 0.485 bits per heavy atom. The van der Waals surface area contributed by atoms with Crippen molar-refractivity contribution in [2.45, 2.75) is 276 Å². The minimum absolute atomic E-state index is 0.0150. The fourth-order valence-electron chi connectivity index (χ4n) is 7.91. The van der Waals surface area contributed by atoms with E-state index in [1.807, 2.05) is 0 Å². The second-order valence-electron chi connectivity index (χ2n) is 18.7. The molecule has 0 aromatic rings. The molecule has 0 spiro atoms. The van der Waals surface area contributed by atoms with Gasteiger partial charge >= 0.3 is 19.8 Å². The number of ether oxygens (including phenoxy) is 2.